The molecule has 7 aliphatic rings. The molecule has 8 rings (SSSR count). The number of carbonyl (C=O) groups excluding carboxylic acids is 1. The van der Waals surface area contributed by atoms with Gasteiger partial charge in [-0.3, -0.25) is 0 Å². The number of urea groups is 1. The molecule has 4 saturated carbocycles. The summed E-state index contributed by atoms with van der Waals surface area (Å²) in [7, 11) is 0. The van der Waals surface area contributed by atoms with Crippen LogP contribution in [0.4, 0.5) is 10.6 Å². The summed E-state index contributed by atoms with van der Waals surface area (Å²) in [6.07, 6.45) is 13.8. The van der Waals surface area contributed by atoms with E-state index < -0.39 is 5.60 Å². The number of fused-ring (bicyclic) bond motifs is 2. The van der Waals surface area contributed by atoms with Gasteiger partial charge in [-0.15, -0.1) is 0 Å². The molecule has 2 N–H and O–H groups in total. The molecule has 4 aliphatic carbocycles. The summed E-state index contributed by atoms with van der Waals surface area (Å²) >= 11 is 0. The van der Waals surface area contributed by atoms with Crippen molar-refractivity contribution in [3.8, 4) is 0 Å². The molecule has 4 heterocycles. The Morgan fingerprint density at radius 1 is 0.971 bits per heavy atom. The predicted octanol–water partition coefficient (Wildman–Crippen LogP) is 3.71. The van der Waals surface area contributed by atoms with Crippen molar-refractivity contribution in [3.63, 3.8) is 0 Å². The summed E-state index contributed by atoms with van der Waals surface area (Å²) in [4.78, 5) is 22.5. The van der Waals surface area contributed by atoms with Crippen molar-refractivity contribution >= 4 is 11.8 Å². The minimum atomic E-state index is -0.444. The van der Waals surface area contributed by atoms with Gasteiger partial charge in [-0.2, -0.15) is 0 Å². The Morgan fingerprint density at radius 3 is 2.31 bits per heavy atom. The topological polar surface area (TPSA) is 77.9 Å². The van der Waals surface area contributed by atoms with Crippen molar-refractivity contribution in [1.29, 1.82) is 0 Å². The Bertz CT molecular complexity index is 905. The monoisotopic (exact) mass is 480 g/mol. The SMILES string of the molecule is O=C(N[C@H]1C2CC3CC1C[C@](O)(C3)C2)N1[C@@H]2CC[C@H]1C[C@@H](OC1CCN(c3ccccn3)CC1)C2. The van der Waals surface area contributed by atoms with E-state index in [9.17, 15) is 9.90 Å². The van der Waals surface area contributed by atoms with E-state index in [-0.39, 0.29) is 18.2 Å². The quantitative estimate of drug-likeness (QED) is 0.687. The number of ether oxygens (including phenoxy) is 1. The molecule has 7 nitrogen and oxygen atoms in total. The van der Waals surface area contributed by atoms with Crippen molar-refractivity contribution in [2.45, 2.75) is 107 Å². The van der Waals surface area contributed by atoms with Crippen LogP contribution in [0, 0.1) is 17.8 Å². The highest BCUT2D eigenvalue weighted by Gasteiger charge is 2.55. The minimum absolute atomic E-state index is 0.157. The fourth-order valence-corrected chi connectivity index (χ4v) is 9.04. The number of piperidine rings is 2. The lowest BCUT2D eigenvalue weighted by Gasteiger charge is -2.58. The van der Waals surface area contributed by atoms with Gasteiger partial charge in [0, 0.05) is 37.4 Å². The summed E-state index contributed by atoms with van der Waals surface area (Å²) in [5.74, 6) is 2.67. The predicted molar refractivity (Wildman–Crippen MR) is 133 cm³/mol. The second-order valence-corrected chi connectivity index (χ2v) is 12.6. The molecule has 0 radical (unpaired) electrons. The number of hydrogen-bond acceptors (Lipinski definition) is 5. The number of amides is 2. The van der Waals surface area contributed by atoms with Crippen LogP contribution in [0.1, 0.15) is 70.6 Å². The Labute approximate surface area is 208 Å². The first-order valence-electron chi connectivity index (χ1n) is 14.2. The van der Waals surface area contributed by atoms with E-state index in [2.05, 4.69) is 32.2 Å². The lowest BCUT2D eigenvalue weighted by Crippen LogP contribution is -2.64. The highest BCUT2D eigenvalue weighted by molar-refractivity contribution is 5.76. The van der Waals surface area contributed by atoms with Gasteiger partial charge in [0.15, 0.2) is 0 Å². The molecular weight excluding hydrogens is 440 g/mol. The maximum Gasteiger partial charge on any atom is 0.318 e. The van der Waals surface area contributed by atoms with Gasteiger partial charge in [-0.1, -0.05) is 6.07 Å². The lowest BCUT2D eigenvalue weighted by atomic mass is 9.52. The van der Waals surface area contributed by atoms with Crippen LogP contribution in [-0.4, -0.2) is 70.0 Å². The Hall–Kier alpha value is -1.86. The van der Waals surface area contributed by atoms with E-state index >= 15 is 0 Å². The van der Waals surface area contributed by atoms with Gasteiger partial charge in [0.2, 0.25) is 0 Å². The zero-order chi connectivity index (χ0) is 23.6. The van der Waals surface area contributed by atoms with Crippen molar-refractivity contribution in [2.24, 2.45) is 17.8 Å². The first kappa shape index (κ1) is 22.3. The van der Waals surface area contributed by atoms with E-state index in [1.54, 1.807) is 0 Å². The number of aliphatic hydroxyl groups is 1. The Balaban J connectivity index is 0.928. The van der Waals surface area contributed by atoms with Crippen molar-refractivity contribution < 1.29 is 14.6 Å². The van der Waals surface area contributed by atoms with E-state index in [0.717, 1.165) is 76.7 Å². The number of aromatic nitrogens is 1. The molecule has 1 aromatic heterocycles. The first-order valence-corrected chi connectivity index (χ1v) is 14.2. The van der Waals surface area contributed by atoms with Gasteiger partial charge < -0.3 is 25.0 Å². The number of hydrogen-bond donors (Lipinski definition) is 2. The van der Waals surface area contributed by atoms with Crippen LogP contribution in [0.2, 0.25) is 0 Å². The summed E-state index contributed by atoms with van der Waals surface area (Å²) in [5, 5.41) is 14.4. The van der Waals surface area contributed by atoms with E-state index in [1.807, 2.05) is 12.3 Å². The van der Waals surface area contributed by atoms with E-state index in [1.165, 1.54) is 12.8 Å². The molecule has 0 spiro atoms. The summed E-state index contributed by atoms with van der Waals surface area (Å²) in [5.41, 5.74) is -0.444. The van der Waals surface area contributed by atoms with Crippen molar-refractivity contribution in [2.75, 3.05) is 18.0 Å². The highest BCUT2D eigenvalue weighted by atomic mass is 16.5. The van der Waals surface area contributed by atoms with Gasteiger partial charge in [-0.25, -0.2) is 9.78 Å². The smallest absolute Gasteiger partial charge is 0.318 e. The maximum absolute atomic E-state index is 13.5. The average Bonchev–Trinajstić information content (AvgIpc) is 3.12. The van der Waals surface area contributed by atoms with E-state index in [0.29, 0.717) is 35.9 Å². The summed E-state index contributed by atoms with van der Waals surface area (Å²) in [6, 6.07) is 7.15. The van der Waals surface area contributed by atoms with Gasteiger partial charge >= 0.3 is 6.03 Å². The van der Waals surface area contributed by atoms with Gasteiger partial charge in [0.25, 0.3) is 0 Å². The van der Waals surface area contributed by atoms with Crippen LogP contribution >= 0.6 is 0 Å². The number of nitrogens with one attached hydrogen (secondary N) is 1. The third-order valence-electron chi connectivity index (χ3n) is 10.3. The number of carbonyl (C=O) groups is 1. The second kappa shape index (κ2) is 8.62. The van der Waals surface area contributed by atoms with Crippen LogP contribution in [0.15, 0.2) is 24.4 Å². The van der Waals surface area contributed by atoms with Crippen LogP contribution in [0.25, 0.3) is 0 Å². The third-order valence-corrected chi connectivity index (χ3v) is 10.3. The second-order valence-electron chi connectivity index (χ2n) is 12.6. The number of anilines is 1. The molecule has 7 fully saturated rings. The average molecular weight is 481 g/mol. The van der Waals surface area contributed by atoms with E-state index in [4.69, 9.17) is 4.74 Å². The molecule has 3 aliphatic heterocycles. The number of nitrogens with zero attached hydrogens (tertiary/aromatic N) is 3. The minimum Gasteiger partial charge on any atom is -0.390 e. The van der Waals surface area contributed by atoms with Gasteiger partial charge in [0.1, 0.15) is 5.82 Å². The molecule has 7 heteroatoms. The normalized spacial score (nSPS) is 42.5. The number of pyridine rings is 1. The van der Waals surface area contributed by atoms with Crippen LogP contribution < -0.4 is 10.2 Å². The molecule has 0 aromatic carbocycles. The molecule has 5 atom stereocenters. The Kier molecular flexibility index (Phi) is 5.50. The zero-order valence-corrected chi connectivity index (χ0v) is 20.7. The standard InChI is InChI=1S/C28H40N4O3/c33-27(30-26-19-11-18-12-20(26)17-28(34,15-18)16-19)32-21-4-5-22(32)14-24(13-21)35-23-6-9-31(10-7-23)25-3-1-2-8-29-25/h1-3,8,18-24,26,34H,4-7,9-17H2,(H,30,33)/t18?,19?,20?,21-,22+,24+,26-,28-. The fourth-order valence-electron chi connectivity index (χ4n) is 9.04. The molecule has 35 heavy (non-hydrogen) atoms. The third kappa shape index (κ3) is 4.12. The molecule has 6 bridgehead atoms. The molecule has 1 aromatic rings. The van der Waals surface area contributed by atoms with Gasteiger partial charge in [-0.05, 0) is 101 Å². The molecule has 2 unspecified atom stereocenters. The molecular formula is C28H40N4O3. The van der Waals surface area contributed by atoms with Crippen LogP contribution in [0.5, 0.6) is 0 Å². The summed E-state index contributed by atoms with van der Waals surface area (Å²) in [6.45, 7) is 1.99. The number of rotatable bonds is 4. The molecule has 190 valence electrons. The van der Waals surface area contributed by atoms with Crippen LogP contribution in [0.3, 0.4) is 0 Å². The summed E-state index contributed by atoms with van der Waals surface area (Å²) < 4.78 is 6.63. The zero-order valence-electron chi connectivity index (χ0n) is 20.7. The maximum atomic E-state index is 13.5. The Morgan fingerprint density at radius 2 is 1.69 bits per heavy atom. The highest BCUT2D eigenvalue weighted by Crippen LogP contribution is 2.55. The first-order chi connectivity index (χ1) is 17.0. The van der Waals surface area contributed by atoms with Gasteiger partial charge in [0.05, 0.1) is 17.8 Å². The largest absolute Gasteiger partial charge is 0.390 e. The molecule has 2 amide bonds. The van der Waals surface area contributed by atoms with Crippen LogP contribution in [-0.2, 0) is 4.74 Å². The fraction of sp³-hybridized carbons (Fsp3) is 0.786. The molecule has 3 saturated heterocycles. The van der Waals surface area contributed by atoms with Crippen molar-refractivity contribution in [3.05, 3.63) is 24.4 Å². The lowest BCUT2D eigenvalue weighted by molar-refractivity contribution is -0.137. The van der Waals surface area contributed by atoms with Crippen molar-refractivity contribution in [1.82, 2.24) is 15.2 Å².